The molecule has 3 heterocycles. The first-order valence-electron chi connectivity index (χ1n) is 12.2. The second-order valence-corrected chi connectivity index (χ2v) is 9.37. The number of alkyl halides is 3. The van der Waals surface area contributed by atoms with E-state index in [0.29, 0.717) is 33.9 Å². The first kappa shape index (κ1) is 26.4. The molecule has 1 N–H and O–H groups in total. The summed E-state index contributed by atoms with van der Waals surface area (Å²) in [5, 5.41) is 30.0. The van der Waals surface area contributed by atoms with Crippen molar-refractivity contribution >= 4 is 17.5 Å². The third kappa shape index (κ3) is 4.83. The van der Waals surface area contributed by atoms with Crippen molar-refractivity contribution in [2.24, 2.45) is 13.0 Å². The molecule has 1 unspecified atom stereocenters. The largest absolute Gasteiger partial charge is 0.416 e. The molecule has 2 aromatic carbocycles. The predicted molar refractivity (Wildman–Crippen MR) is 140 cm³/mol. The van der Waals surface area contributed by atoms with Crippen LogP contribution in [0.3, 0.4) is 0 Å². The Morgan fingerprint density at radius 3 is 2.58 bits per heavy atom. The summed E-state index contributed by atoms with van der Waals surface area (Å²) in [6, 6.07) is 16.1. The van der Waals surface area contributed by atoms with Gasteiger partial charge in [-0.2, -0.15) is 23.7 Å². The predicted octanol–water partition coefficient (Wildman–Crippen LogP) is 5.17. The zero-order chi connectivity index (χ0) is 28.6. The Labute approximate surface area is 227 Å². The Morgan fingerprint density at radius 1 is 1.10 bits per heavy atom. The van der Waals surface area contributed by atoms with Crippen LogP contribution >= 0.6 is 0 Å². The average molecular weight is 543 g/mol. The number of hydrogen-bond donors (Lipinski definition) is 1. The molecule has 0 aliphatic carbocycles. The molecule has 0 radical (unpaired) electrons. The molecule has 0 saturated carbocycles. The summed E-state index contributed by atoms with van der Waals surface area (Å²) in [6.45, 7) is 1.65. The number of anilines is 2. The lowest BCUT2D eigenvalue weighted by Crippen LogP contribution is -2.24. The van der Waals surface area contributed by atoms with Gasteiger partial charge >= 0.3 is 6.18 Å². The van der Waals surface area contributed by atoms with Crippen LogP contribution in [-0.2, 0) is 19.8 Å². The summed E-state index contributed by atoms with van der Waals surface area (Å²) in [7, 11) is 1.77. The van der Waals surface area contributed by atoms with Gasteiger partial charge in [-0.3, -0.25) is 9.69 Å². The van der Waals surface area contributed by atoms with Gasteiger partial charge < -0.3 is 9.88 Å². The molecule has 0 bridgehead atoms. The number of rotatable bonds is 6. The van der Waals surface area contributed by atoms with Crippen LogP contribution in [0.25, 0.3) is 22.5 Å². The maximum Gasteiger partial charge on any atom is 0.416 e. The van der Waals surface area contributed by atoms with Crippen molar-refractivity contribution in [1.29, 1.82) is 10.5 Å². The molecule has 0 fully saturated rings. The molecular weight excluding hydrogens is 521 g/mol. The van der Waals surface area contributed by atoms with Gasteiger partial charge in [0.15, 0.2) is 5.82 Å². The van der Waals surface area contributed by atoms with Crippen molar-refractivity contribution in [3.63, 3.8) is 0 Å². The summed E-state index contributed by atoms with van der Waals surface area (Å²) in [4.78, 5) is 19.1. The molecule has 1 aliphatic rings. The number of amides is 1. The number of nitrogens with one attached hydrogen (secondary N) is 1. The number of nitrogens with zero attached hydrogens (tertiary/aromatic N) is 7. The number of carbonyl (C=O) groups is 1. The first-order valence-corrected chi connectivity index (χ1v) is 12.2. The minimum Gasteiger partial charge on any atom is -0.369 e. The second kappa shape index (κ2) is 10.2. The van der Waals surface area contributed by atoms with Crippen LogP contribution in [0.5, 0.6) is 0 Å². The zero-order valence-corrected chi connectivity index (χ0v) is 21.4. The number of halogens is 3. The highest BCUT2D eigenvalue weighted by atomic mass is 19.4. The van der Waals surface area contributed by atoms with Crippen molar-refractivity contribution in [3.05, 3.63) is 77.1 Å². The number of carbonyl (C=O) groups excluding carboxylic acids is 1. The molecule has 0 saturated heterocycles. The molecule has 200 valence electrons. The smallest absolute Gasteiger partial charge is 0.369 e. The van der Waals surface area contributed by atoms with Gasteiger partial charge in [-0.25, -0.2) is 4.98 Å². The zero-order valence-electron chi connectivity index (χ0n) is 21.4. The molecule has 2 aromatic heterocycles. The van der Waals surface area contributed by atoms with Crippen molar-refractivity contribution in [1.82, 2.24) is 19.7 Å². The fourth-order valence-electron chi connectivity index (χ4n) is 4.56. The highest BCUT2D eigenvalue weighted by molar-refractivity contribution is 6.10. The summed E-state index contributed by atoms with van der Waals surface area (Å²) in [5.41, 5.74) is 1.09. The molecular formula is C28H21F3N8O. The van der Waals surface area contributed by atoms with E-state index in [1.54, 1.807) is 48.9 Å². The third-order valence-electron chi connectivity index (χ3n) is 6.58. The van der Waals surface area contributed by atoms with Crippen molar-refractivity contribution in [2.45, 2.75) is 19.6 Å². The number of nitriles is 2. The summed E-state index contributed by atoms with van der Waals surface area (Å²) in [5.74, 6) is -0.0331. The highest BCUT2D eigenvalue weighted by Gasteiger charge is 2.40. The average Bonchev–Trinajstić information content (AvgIpc) is 3.53. The number of benzene rings is 2. The second-order valence-electron chi connectivity index (χ2n) is 9.37. The number of hydrogen-bond acceptors (Lipinski definition) is 7. The number of fused-ring (bicyclic) bond motifs is 1. The van der Waals surface area contributed by atoms with E-state index in [-0.39, 0.29) is 36.0 Å². The normalized spacial score (nSPS) is 13.5. The van der Waals surface area contributed by atoms with E-state index in [9.17, 15) is 28.5 Å². The minimum absolute atomic E-state index is 0.0408. The fraction of sp³-hybridized carbons (Fsp3) is 0.214. The van der Waals surface area contributed by atoms with Gasteiger partial charge in [-0.1, -0.05) is 6.07 Å². The van der Waals surface area contributed by atoms with E-state index in [1.165, 1.54) is 23.4 Å². The molecule has 5 rings (SSSR count). The molecule has 40 heavy (non-hydrogen) atoms. The SMILES string of the molecule is CC(C#N)CNc1cc(-c2cc(C#N)ccc2-c2nncn2C)cc(N2Cc3c(cccc3C(F)(F)F)C2=O)n1. The van der Waals surface area contributed by atoms with Crippen LogP contribution in [0.4, 0.5) is 24.8 Å². The third-order valence-corrected chi connectivity index (χ3v) is 6.58. The Hall–Kier alpha value is -5.23. The number of aromatic nitrogens is 4. The number of aryl methyl sites for hydroxylation is 1. The van der Waals surface area contributed by atoms with Gasteiger partial charge in [0.25, 0.3) is 5.91 Å². The van der Waals surface area contributed by atoms with Gasteiger partial charge in [0.1, 0.15) is 18.0 Å². The van der Waals surface area contributed by atoms with Crippen molar-refractivity contribution in [2.75, 3.05) is 16.8 Å². The van der Waals surface area contributed by atoms with E-state index in [4.69, 9.17) is 0 Å². The Balaban J connectivity index is 1.66. The highest BCUT2D eigenvalue weighted by Crippen LogP contribution is 2.40. The van der Waals surface area contributed by atoms with Gasteiger partial charge in [0.2, 0.25) is 0 Å². The lowest BCUT2D eigenvalue weighted by Gasteiger charge is -2.19. The molecule has 0 spiro atoms. The van der Waals surface area contributed by atoms with Gasteiger partial charge in [-0.05, 0) is 66.1 Å². The first-order chi connectivity index (χ1) is 19.1. The van der Waals surface area contributed by atoms with Crippen LogP contribution in [-0.4, -0.2) is 32.2 Å². The van der Waals surface area contributed by atoms with Gasteiger partial charge in [0, 0.05) is 24.7 Å². The lowest BCUT2D eigenvalue weighted by molar-refractivity contribution is -0.138. The summed E-state index contributed by atoms with van der Waals surface area (Å²) >= 11 is 0. The molecule has 4 aromatic rings. The van der Waals surface area contributed by atoms with Crippen LogP contribution in [0.1, 0.15) is 34.0 Å². The molecule has 1 amide bonds. The van der Waals surface area contributed by atoms with Crippen molar-refractivity contribution < 1.29 is 18.0 Å². The van der Waals surface area contributed by atoms with Crippen LogP contribution in [0, 0.1) is 28.6 Å². The molecule has 1 aliphatic heterocycles. The molecule has 9 nitrogen and oxygen atoms in total. The summed E-state index contributed by atoms with van der Waals surface area (Å²) in [6.07, 6.45) is -3.09. The Morgan fingerprint density at radius 2 is 1.90 bits per heavy atom. The van der Waals surface area contributed by atoms with Gasteiger partial charge in [-0.15, -0.1) is 10.2 Å². The van der Waals surface area contributed by atoms with Gasteiger partial charge in [0.05, 0.1) is 35.7 Å². The molecule has 1 atom stereocenters. The molecule has 12 heteroatoms. The quantitative estimate of drug-likeness (QED) is 0.357. The Bertz CT molecular complexity index is 1710. The van der Waals surface area contributed by atoms with E-state index in [1.807, 2.05) is 0 Å². The van der Waals surface area contributed by atoms with E-state index >= 15 is 0 Å². The van der Waals surface area contributed by atoms with E-state index < -0.39 is 17.6 Å². The topological polar surface area (TPSA) is 124 Å². The van der Waals surface area contributed by atoms with Crippen LogP contribution < -0.4 is 10.2 Å². The Kier molecular flexibility index (Phi) is 6.69. The fourth-order valence-corrected chi connectivity index (χ4v) is 4.56. The van der Waals surface area contributed by atoms with E-state index in [0.717, 1.165) is 6.07 Å². The van der Waals surface area contributed by atoms with Crippen molar-refractivity contribution in [3.8, 4) is 34.7 Å². The standard InChI is InChI=1S/C28H21F3N8O/c1-16(11-32)13-34-24-9-18(21-8-17(12-33)6-7-19(21)26-37-35-15-38(26)2)10-25(36-24)39-14-22-20(27(39)40)4-3-5-23(22)28(29,30)31/h3-10,15-16H,13-14H2,1-2H3,(H,34,36). The van der Waals surface area contributed by atoms with E-state index in [2.05, 4.69) is 32.6 Å². The monoisotopic (exact) mass is 542 g/mol. The lowest BCUT2D eigenvalue weighted by atomic mass is 9.97. The summed E-state index contributed by atoms with van der Waals surface area (Å²) < 4.78 is 42.9. The van der Waals surface area contributed by atoms with Crippen LogP contribution in [0.2, 0.25) is 0 Å². The minimum atomic E-state index is -4.63. The maximum atomic E-state index is 13.7. The maximum absolute atomic E-state index is 13.7. The number of pyridine rings is 1. The van der Waals surface area contributed by atoms with Crippen LogP contribution in [0.15, 0.2) is 54.9 Å².